The van der Waals surface area contributed by atoms with Crippen LogP contribution >= 0.6 is 0 Å². The summed E-state index contributed by atoms with van der Waals surface area (Å²) in [5.41, 5.74) is 0. The molecule has 1 aromatic carbocycles. The van der Waals surface area contributed by atoms with Gasteiger partial charge < -0.3 is 11.6 Å². The molecule has 0 unspecified atom stereocenters. The quantitative estimate of drug-likeness (QED) is 0.457. The third kappa shape index (κ3) is 6.42. The Bertz CT molecular complexity index is 318. The Morgan fingerprint density at radius 1 is 1.18 bits per heavy atom. The molecule has 0 atom stereocenters. The summed E-state index contributed by atoms with van der Waals surface area (Å²) in [6, 6.07) is 5.04. The fraction of sp³-hybridized carbons (Fsp3) is 0.364. The number of nitrogens with one attached hydrogen (secondary N) is 1. The van der Waals surface area contributed by atoms with Gasteiger partial charge in [0.15, 0.2) is 11.6 Å². The molecular weight excluding hydrogens is 221 g/mol. The largest absolute Gasteiger partial charge is 1.00 e. The van der Waals surface area contributed by atoms with Crippen molar-refractivity contribution in [2.45, 2.75) is 0 Å². The van der Waals surface area contributed by atoms with Crippen LogP contribution in [0, 0.1) is 11.6 Å². The van der Waals surface area contributed by atoms with E-state index < -0.39 is 11.6 Å². The van der Waals surface area contributed by atoms with Crippen molar-refractivity contribution in [1.29, 1.82) is 0 Å². The Hall–Kier alpha value is -0.893. The normalized spacial score (nSPS) is 14.1. The zero-order valence-electron chi connectivity index (χ0n) is 10.8. The van der Waals surface area contributed by atoms with E-state index >= 15 is 0 Å². The van der Waals surface area contributed by atoms with E-state index in [4.69, 9.17) is 0 Å². The number of benzene rings is 1. The summed E-state index contributed by atoms with van der Waals surface area (Å²) in [5.74, 6) is -1.60. The van der Waals surface area contributed by atoms with Crippen LogP contribution in [0.3, 0.4) is 0 Å². The molecule has 17 heavy (non-hydrogen) atoms. The third-order valence-electron chi connectivity index (χ3n) is 2.13. The SMILES string of the molecule is Fc1ccccc1F.O=CN1CCNCC1.[H-].[Li+]. The van der Waals surface area contributed by atoms with Gasteiger partial charge in [0.05, 0.1) is 0 Å². The van der Waals surface area contributed by atoms with Crippen LogP contribution in [0.15, 0.2) is 24.3 Å². The van der Waals surface area contributed by atoms with Crippen LogP contribution in [0.2, 0.25) is 0 Å². The van der Waals surface area contributed by atoms with Gasteiger partial charge in [-0.1, -0.05) is 12.1 Å². The molecule has 1 aliphatic rings. The minimum atomic E-state index is -0.799. The molecule has 1 amide bonds. The summed E-state index contributed by atoms with van der Waals surface area (Å²) in [5, 5.41) is 3.15. The van der Waals surface area contributed by atoms with E-state index in [1.807, 2.05) is 0 Å². The molecule has 0 aromatic heterocycles. The van der Waals surface area contributed by atoms with Crippen molar-refractivity contribution < 1.29 is 33.9 Å². The maximum Gasteiger partial charge on any atom is 1.00 e. The predicted octanol–water partition coefficient (Wildman–Crippen LogP) is -1.87. The van der Waals surface area contributed by atoms with Gasteiger partial charge in [-0.05, 0) is 12.1 Å². The molecule has 0 radical (unpaired) electrons. The smallest absolute Gasteiger partial charge is 1.00 e. The molecule has 0 saturated carbocycles. The fourth-order valence-corrected chi connectivity index (χ4v) is 1.23. The van der Waals surface area contributed by atoms with E-state index in [0.29, 0.717) is 0 Å². The first-order valence-corrected chi connectivity index (χ1v) is 5.04. The van der Waals surface area contributed by atoms with Gasteiger partial charge in [-0.25, -0.2) is 8.78 Å². The number of rotatable bonds is 1. The number of amides is 1. The maximum absolute atomic E-state index is 11.9. The molecule has 0 spiro atoms. The van der Waals surface area contributed by atoms with E-state index in [0.717, 1.165) is 44.7 Å². The number of hydrogen-bond acceptors (Lipinski definition) is 2. The molecule has 90 valence electrons. The number of carbonyl (C=O) groups is 1. The first-order chi connectivity index (χ1) is 7.74. The second-order valence-electron chi connectivity index (χ2n) is 3.31. The Balaban J connectivity index is 0. The van der Waals surface area contributed by atoms with Crippen molar-refractivity contribution in [2.24, 2.45) is 0 Å². The molecular formula is C11H15F2LiN2O. The van der Waals surface area contributed by atoms with Crippen LogP contribution in [0.25, 0.3) is 0 Å². The third-order valence-corrected chi connectivity index (χ3v) is 2.13. The van der Waals surface area contributed by atoms with E-state index in [9.17, 15) is 13.6 Å². The van der Waals surface area contributed by atoms with Gasteiger partial charge >= 0.3 is 18.9 Å². The van der Waals surface area contributed by atoms with Crippen molar-refractivity contribution in [2.75, 3.05) is 26.2 Å². The van der Waals surface area contributed by atoms with Gasteiger partial charge in [0, 0.05) is 26.2 Å². The van der Waals surface area contributed by atoms with Gasteiger partial charge in [0.2, 0.25) is 6.41 Å². The molecule has 1 aliphatic heterocycles. The summed E-state index contributed by atoms with van der Waals surface area (Å²) >= 11 is 0. The average molecular weight is 236 g/mol. The fourth-order valence-electron chi connectivity index (χ4n) is 1.23. The van der Waals surface area contributed by atoms with E-state index in [1.54, 1.807) is 4.90 Å². The average Bonchev–Trinajstić information content (AvgIpc) is 2.35. The Kier molecular flexibility index (Phi) is 8.69. The predicted molar refractivity (Wildman–Crippen MR) is 58.0 cm³/mol. The number of piperazine rings is 1. The van der Waals surface area contributed by atoms with Crippen LogP contribution in [0.5, 0.6) is 0 Å². The standard InChI is InChI=1S/C6H4F2.C5H10N2O.Li.H/c7-5-3-1-2-4-6(5)8;8-5-7-3-1-6-2-4-7;;/h1-4H;5-6H,1-4H2;;/q;;+1;-1. The Morgan fingerprint density at radius 2 is 1.65 bits per heavy atom. The van der Waals surface area contributed by atoms with E-state index in [-0.39, 0.29) is 20.3 Å². The summed E-state index contributed by atoms with van der Waals surface area (Å²) in [6.07, 6.45) is 0.904. The molecule has 1 heterocycles. The molecule has 1 saturated heterocycles. The first kappa shape index (κ1) is 16.1. The summed E-state index contributed by atoms with van der Waals surface area (Å²) in [7, 11) is 0. The van der Waals surface area contributed by atoms with Crippen LogP contribution in [0.1, 0.15) is 1.43 Å². The Labute approximate surface area is 113 Å². The molecule has 6 heteroatoms. The molecule has 0 aliphatic carbocycles. The van der Waals surface area contributed by atoms with Crippen molar-refractivity contribution in [3.05, 3.63) is 35.9 Å². The van der Waals surface area contributed by atoms with Gasteiger partial charge in [-0.3, -0.25) is 4.79 Å². The number of halogens is 2. The van der Waals surface area contributed by atoms with E-state index in [2.05, 4.69) is 5.32 Å². The Morgan fingerprint density at radius 3 is 1.94 bits per heavy atom. The monoisotopic (exact) mass is 236 g/mol. The number of hydrogen-bond donors (Lipinski definition) is 1. The minimum absolute atomic E-state index is 0. The van der Waals surface area contributed by atoms with Crippen molar-refractivity contribution in [3.8, 4) is 0 Å². The maximum atomic E-state index is 11.9. The van der Waals surface area contributed by atoms with Gasteiger partial charge in [0.1, 0.15) is 0 Å². The molecule has 1 fully saturated rings. The molecule has 0 bridgehead atoms. The van der Waals surface area contributed by atoms with Gasteiger partial charge in [-0.15, -0.1) is 0 Å². The van der Waals surface area contributed by atoms with Crippen molar-refractivity contribution in [3.63, 3.8) is 0 Å². The van der Waals surface area contributed by atoms with Crippen molar-refractivity contribution >= 4 is 6.41 Å². The molecule has 1 N–H and O–H groups in total. The second kappa shape index (κ2) is 9.17. The molecule has 2 rings (SSSR count). The summed E-state index contributed by atoms with van der Waals surface area (Å²) in [6.45, 7) is 3.62. The number of carbonyl (C=O) groups excluding carboxylic acids is 1. The number of nitrogens with zero attached hydrogens (tertiary/aromatic N) is 1. The second-order valence-corrected chi connectivity index (χ2v) is 3.31. The zero-order valence-corrected chi connectivity index (χ0v) is 9.83. The topological polar surface area (TPSA) is 32.3 Å². The first-order valence-electron chi connectivity index (χ1n) is 5.04. The van der Waals surface area contributed by atoms with Crippen LogP contribution < -0.4 is 24.2 Å². The van der Waals surface area contributed by atoms with Gasteiger partial charge in [-0.2, -0.15) is 0 Å². The molecule has 1 aromatic rings. The zero-order chi connectivity index (χ0) is 11.8. The van der Waals surface area contributed by atoms with Crippen LogP contribution in [-0.2, 0) is 4.79 Å². The summed E-state index contributed by atoms with van der Waals surface area (Å²) < 4.78 is 23.9. The van der Waals surface area contributed by atoms with E-state index in [1.165, 1.54) is 12.1 Å². The minimum Gasteiger partial charge on any atom is -1.00 e. The summed E-state index contributed by atoms with van der Waals surface area (Å²) in [4.78, 5) is 11.8. The van der Waals surface area contributed by atoms with Gasteiger partial charge in [0.25, 0.3) is 0 Å². The molecule has 3 nitrogen and oxygen atoms in total. The van der Waals surface area contributed by atoms with Crippen molar-refractivity contribution in [1.82, 2.24) is 10.2 Å². The van der Waals surface area contributed by atoms with Crippen LogP contribution in [0.4, 0.5) is 8.78 Å². The van der Waals surface area contributed by atoms with Crippen LogP contribution in [-0.4, -0.2) is 37.5 Å².